The summed E-state index contributed by atoms with van der Waals surface area (Å²) in [7, 11) is 0. The Kier molecular flexibility index (Phi) is 3.44. The van der Waals surface area contributed by atoms with Crippen LogP contribution in [0.5, 0.6) is 0 Å². The first kappa shape index (κ1) is 11.1. The lowest BCUT2D eigenvalue weighted by atomic mass is 9.95. The van der Waals surface area contributed by atoms with Crippen LogP contribution in [0.25, 0.3) is 0 Å². The summed E-state index contributed by atoms with van der Waals surface area (Å²) in [6, 6.07) is 4.20. The van der Waals surface area contributed by atoms with E-state index in [4.69, 9.17) is 0 Å². The molecule has 1 atom stereocenters. The molecular weight excluding hydrogens is 206 g/mol. The van der Waals surface area contributed by atoms with Crippen LogP contribution in [0.1, 0.15) is 31.1 Å². The molecule has 1 saturated heterocycles. The van der Waals surface area contributed by atoms with Gasteiger partial charge in [0.05, 0.1) is 12.1 Å². The Hall–Kier alpha value is -0.380. The van der Waals surface area contributed by atoms with Crippen molar-refractivity contribution in [3.8, 4) is 0 Å². The number of likely N-dealkylation sites (tertiary alicyclic amines) is 1. The molecular formula is C12H19NOS. The van der Waals surface area contributed by atoms with Crippen molar-refractivity contribution in [1.29, 1.82) is 0 Å². The van der Waals surface area contributed by atoms with Crippen LogP contribution in [0.15, 0.2) is 17.5 Å². The molecule has 0 saturated carbocycles. The highest BCUT2D eigenvalue weighted by molar-refractivity contribution is 7.10. The van der Waals surface area contributed by atoms with E-state index in [1.165, 1.54) is 24.1 Å². The molecule has 0 spiro atoms. The molecule has 0 bridgehead atoms. The van der Waals surface area contributed by atoms with Gasteiger partial charge in [-0.3, -0.25) is 4.90 Å². The van der Waals surface area contributed by atoms with Gasteiger partial charge in [-0.15, -0.1) is 11.3 Å². The molecule has 2 rings (SSSR count). The van der Waals surface area contributed by atoms with Gasteiger partial charge >= 0.3 is 0 Å². The van der Waals surface area contributed by atoms with E-state index < -0.39 is 0 Å². The number of aliphatic hydroxyl groups is 1. The molecule has 0 unspecified atom stereocenters. The molecule has 2 heterocycles. The molecule has 1 N–H and O–H groups in total. The predicted octanol–water partition coefficient (Wildman–Crippen LogP) is 2.44. The first-order chi connectivity index (χ1) is 7.27. The Bertz CT molecular complexity index is 293. The second kappa shape index (κ2) is 4.64. The number of aliphatic hydroxyl groups excluding tert-OH is 1. The van der Waals surface area contributed by atoms with E-state index in [-0.39, 0.29) is 12.1 Å². The number of hydrogen-bond acceptors (Lipinski definition) is 3. The third-order valence-corrected chi connectivity index (χ3v) is 4.54. The summed E-state index contributed by atoms with van der Waals surface area (Å²) in [6.45, 7) is 4.61. The standard InChI is InChI=1S/C12H19NOS/c1-12(10-14,11-6-5-9-15-11)13-7-3-2-4-8-13/h5-6,9,14H,2-4,7-8,10H2,1H3/t12-/m1/s1. The van der Waals surface area contributed by atoms with Gasteiger partial charge in [-0.05, 0) is 44.3 Å². The lowest BCUT2D eigenvalue weighted by molar-refractivity contribution is 0.0286. The van der Waals surface area contributed by atoms with Crippen molar-refractivity contribution in [2.75, 3.05) is 19.7 Å². The topological polar surface area (TPSA) is 23.5 Å². The Morgan fingerprint density at radius 1 is 1.40 bits per heavy atom. The van der Waals surface area contributed by atoms with E-state index in [2.05, 4.69) is 29.3 Å². The van der Waals surface area contributed by atoms with E-state index in [0.717, 1.165) is 13.1 Å². The molecule has 0 aliphatic carbocycles. The minimum atomic E-state index is -0.158. The first-order valence-electron chi connectivity index (χ1n) is 5.67. The van der Waals surface area contributed by atoms with Gasteiger partial charge in [0.2, 0.25) is 0 Å². The molecule has 2 nitrogen and oxygen atoms in total. The van der Waals surface area contributed by atoms with Gasteiger partial charge in [-0.1, -0.05) is 12.5 Å². The smallest absolute Gasteiger partial charge is 0.0758 e. The molecule has 1 aromatic heterocycles. The molecule has 84 valence electrons. The van der Waals surface area contributed by atoms with E-state index in [9.17, 15) is 5.11 Å². The summed E-state index contributed by atoms with van der Waals surface area (Å²) >= 11 is 1.75. The molecule has 1 fully saturated rings. The minimum absolute atomic E-state index is 0.158. The van der Waals surface area contributed by atoms with E-state index in [1.54, 1.807) is 11.3 Å². The quantitative estimate of drug-likeness (QED) is 0.854. The van der Waals surface area contributed by atoms with Crippen LogP contribution in [-0.4, -0.2) is 29.7 Å². The predicted molar refractivity (Wildman–Crippen MR) is 64.2 cm³/mol. The van der Waals surface area contributed by atoms with Crippen LogP contribution in [0, 0.1) is 0 Å². The first-order valence-corrected chi connectivity index (χ1v) is 6.55. The molecule has 0 amide bonds. The van der Waals surface area contributed by atoms with Crippen LogP contribution < -0.4 is 0 Å². The average Bonchev–Trinajstić information content (AvgIpc) is 2.83. The van der Waals surface area contributed by atoms with E-state index in [1.807, 2.05) is 0 Å². The number of piperidine rings is 1. The maximum Gasteiger partial charge on any atom is 0.0758 e. The van der Waals surface area contributed by atoms with Crippen molar-refractivity contribution < 1.29 is 5.11 Å². The zero-order chi connectivity index (χ0) is 10.7. The van der Waals surface area contributed by atoms with Gasteiger partial charge in [0.15, 0.2) is 0 Å². The third-order valence-electron chi connectivity index (χ3n) is 3.41. The lowest BCUT2D eigenvalue weighted by Gasteiger charge is -2.41. The van der Waals surface area contributed by atoms with Crippen molar-refractivity contribution in [1.82, 2.24) is 4.90 Å². The lowest BCUT2D eigenvalue weighted by Crippen LogP contribution is -2.48. The van der Waals surface area contributed by atoms with Crippen LogP contribution in [-0.2, 0) is 5.54 Å². The Balaban J connectivity index is 2.20. The fourth-order valence-electron chi connectivity index (χ4n) is 2.31. The van der Waals surface area contributed by atoms with Crippen molar-refractivity contribution >= 4 is 11.3 Å². The highest BCUT2D eigenvalue weighted by atomic mass is 32.1. The monoisotopic (exact) mass is 225 g/mol. The van der Waals surface area contributed by atoms with Gasteiger partial charge in [0.1, 0.15) is 0 Å². The Morgan fingerprint density at radius 2 is 2.13 bits per heavy atom. The van der Waals surface area contributed by atoms with Gasteiger partial charge < -0.3 is 5.11 Å². The molecule has 15 heavy (non-hydrogen) atoms. The highest BCUT2D eigenvalue weighted by Crippen LogP contribution is 2.33. The normalized spacial score (nSPS) is 22.5. The largest absolute Gasteiger partial charge is 0.394 e. The number of hydrogen-bond donors (Lipinski definition) is 1. The Morgan fingerprint density at radius 3 is 2.67 bits per heavy atom. The van der Waals surface area contributed by atoms with Gasteiger partial charge in [0, 0.05) is 4.88 Å². The summed E-state index contributed by atoms with van der Waals surface area (Å²) in [5.74, 6) is 0. The summed E-state index contributed by atoms with van der Waals surface area (Å²) in [5, 5.41) is 11.8. The SMILES string of the molecule is C[C@@](CO)(c1cccs1)N1CCCCC1. The van der Waals surface area contributed by atoms with Crippen LogP contribution in [0.2, 0.25) is 0 Å². The van der Waals surface area contributed by atoms with Crippen molar-refractivity contribution in [2.45, 2.75) is 31.7 Å². The number of nitrogens with zero attached hydrogens (tertiary/aromatic N) is 1. The molecule has 1 aliphatic heterocycles. The van der Waals surface area contributed by atoms with Gasteiger partial charge in [-0.2, -0.15) is 0 Å². The Labute approximate surface area is 95.5 Å². The molecule has 1 aromatic rings. The average molecular weight is 225 g/mol. The van der Waals surface area contributed by atoms with Crippen molar-refractivity contribution in [3.05, 3.63) is 22.4 Å². The van der Waals surface area contributed by atoms with Crippen LogP contribution >= 0.6 is 11.3 Å². The number of thiophene rings is 1. The van der Waals surface area contributed by atoms with Crippen molar-refractivity contribution in [2.24, 2.45) is 0 Å². The maximum atomic E-state index is 9.67. The number of rotatable bonds is 3. The van der Waals surface area contributed by atoms with Crippen LogP contribution in [0.4, 0.5) is 0 Å². The molecule has 0 radical (unpaired) electrons. The van der Waals surface area contributed by atoms with Gasteiger partial charge in [-0.25, -0.2) is 0 Å². The van der Waals surface area contributed by atoms with Gasteiger partial charge in [0.25, 0.3) is 0 Å². The highest BCUT2D eigenvalue weighted by Gasteiger charge is 2.34. The zero-order valence-corrected chi connectivity index (χ0v) is 10.1. The fourth-order valence-corrected chi connectivity index (χ4v) is 3.21. The molecule has 0 aromatic carbocycles. The summed E-state index contributed by atoms with van der Waals surface area (Å²) in [4.78, 5) is 3.72. The summed E-state index contributed by atoms with van der Waals surface area (Å²) in [5.41, 5.74) is -0.158. The second-order valence-electron chi connectivity index (χ2n) is 4.46. The third kappa shape index (κ3) is 2.10. The molecule has 3 heteroatoms. The van der Waals surface area contributed by atoms with E-state index >= 15 is 0 Å². The fraction of sp³-hybridized carbons (Fsp3) is 0.667. The maximum absolute atomic E-state index is 9.67. The van der Waals surface area contributed by atoms with E-state index in [0.29, 0.717) is 0 Å². The summed E-state index contributed by atoms with van der Waals surface area (Å²) < 4.78 is 0. The molecule has 1 aliphatic rings. The second-order valence-corrected chi connectivity index (χ2v) is 5.40. The zero-order valence-electron chi connectivity index (χ0n) is 9.28. The summed E-state index contributed by atoms with van der Waals surface area (Å²) in [6.07, 6.45) is 3.87. The van der Waals surface area contributed by atoms with Crippen molar-refractivity contribution in [3.63, 3.8) is 0 Å². The van der Waals surface area contributed by atoms with Crippen LogP contribution in [0.3, 0.4) is 0 Å². The minimum Gasteiger partial charge on any atom is -0.394 e.